The number of carbonyl (C=O) groups is 2. The van der Waals surface area contributed by atoms with E-state index in [0.29, 0.717) is 33.5 Å². The van der Waals surface area contributed by atoms with E-state index >= 15 is 0 Å². The summed E-state index contributed by atoms with van der Waals surface area (Å²) >= 11 is 6.47. The Bertz CT molecular complexity index is 1590. The molecule has 0 fully saturated rings. The standard InChI is InChI=1S/C28H24ClFN4O4/c1-27(26(31)36)14-38-24-19(27)12-21(34-23(24)15-5-7-16(30)8-6-15)28(2,37)13-33-25(35)18-9-10-20-17(22(18)29)4-3-11-32-20/h3-12,37H,13-14H2,1-2H3,(H2,31,36)(H,33,35)/t27-,28-/m0/s1. The molecule has 8 nitrogen and oxygen atoms in total. The van der Waals surface area contributed by atoms with E-state index in [0.717, 1.165) is 0 Å². The topological polar surface area (TPSA) is 127 Å². The van der Waals surface area contributed by atoms with Crippen LogP contribution in [0.2, 0.25) is 5.02 Å². The first-order valence-corrected chi connectivity index (χ1v) is 12.2. The third kappa shape index (κ3) is 4.33. The average molecular weight is 535 g/mol. The van der Waals surface area contributed by atoms with E-state index in [9.17, 15) is 19.1 Å². The van der Waals surface area contributed by atoms with Crippen molar-refractivity contribution in [3.8, 4) is 17.0 Å². The summed E-state index contributed by atoms with van der Waals surface area (Å²) < 4.78 is 19.4. The van der Waals surface area contributed by atoms with Crippen molar-refractivity contribution >= 4 is 34.3 Å². The van der Waals surface area contributed by atoms with Crippen molar-refractivity contribution < 1.29 is 23.8 Å². The summed E-state index contributed by atoms with van der Waals surface area (Å²) in [6.07, 6.45) is 1.63. The Morgan fingerprint density at radius 1 is 1.24 bits per heavy atom. The molecular weight excluding hydrogens is 511 g/mol. The van der Waals surface area contributed by atoms with Crippen molar-refractivity contribution in [1.29, 1.82) is 0 Å². The summed E-state index contributed by atoms with van der Waals surface area (Å²) in [6.45, 7) is 2.90. The van der Waals surface area contributed by atoms with Crippen molar-refractivity contribution in [2.24, 2.45) is 5.73 Å². The Balaban J connectivity index is 1.50. The number of hydrogen-bond acceptors (Lipinski definition) is 6. The van der Waals surface area contributed by atoms with Gasteiger partial charge in [0, 0.05) is 22.7 Å². The maximum absolute atomic E-state index is 13.6. The molecule has 2 amide bonds. The molecule has 2 aromatic carbocycles. The van der Waals surface area contributed by atoms with Gasteiger partial charge in [-0.1, -0.05) is 11.6 Å². The molecule has 5 rings (SSSR count). The Kier molecular flexibility index (Phi) is 6.28. The number of fused-ring (bicyclic) bond motifs is 2. The Labute approximate surface area is 222 Å². The van der Waals surface area contributed by atoms with Gasteiger partial charge in [-0.3, -0.25) is 14.6 Å². The molecule has 0 spiro atoms. The fraction of sp³-hybridized carbons (Fsp3) is 0.214. The van der Waals surface area contributed by atoms with Crippen LogP contribution in [0.15, 0.2) is 60.8 Å². The Morgan fingerprint density at radius 2 is 1.97 bits per heavy atom. The number of rotatable bonds is 6. The van der Waals surface area contributed by atoms with Crippen LogP contribution in [0.3, 0.4) is 0 Å². The molecule has 10 heteroatoms. The molecule has 0 saturated heterocycles. The van der Waals surface area contributed by atoms with Gasteiger partial charge in [-0.05, 0) is 68.4 Å². The van der Waals surface area contributed by atoms with E-state index in [1.165, 1.54) is 31.2 Å². The summed E-state index contributed by atoms with van der Waals surface area (Å²) in [4.78, 5) is 34.2. The second-order valence-electron chi connectivity index (χ2n) is 9.68. The number of primary amides is 1. The van der Waals surface area contributed by atoms with Gasteiger partial charge in [0.1, 0.15) is 34.9 Å². The van der Waals surface area contributed by atoms with Crippen LogP contribution in [-0.2, 0) is 15.8 Å². The van der Waals surface area contributed by atoms with E-state index in [-0.39, 0.29) is 29.4 Å². The van der Waals surface area contributed by atoms with Crippen molar-refractivity contribution in [3.05, 3.63) is 88.5 Å². The van der Waals surface area contributed by atoms with Crippen LogP contribution in [0.1, 0.15) is 35.5 Å². The lowest BCUT2D eigenvalue weighted by Crippen LogP contribution is -2.41. The van der Waals surface area contributed by atoms with Crippen LogP contribution >= 0.6 is 11.6 Å². The molecular formula is C28H24ClFN4O4. The fourth-order valence-corrected chi connectivity index (χ4v) is 4.71. The summed E-state index contributed by atoms with van der Waals surface area (Å²) in [5, 5.41) is 15.0. The quantitative estimate of drug-likeness (QED) is 0.345. The molecule has 1 aliphatic rings. The highest BCUT2D eigenvalue weighted by Crippen LogP contribution is 2.45. The zero-order valence-corrected chi connectivity index (χ0v) is 21.3. The lowest BCUT2D eigenvalue weighted by molar-refractivity contribution is -0.123. The first-order valence-electron chi connectivity index (χ1n) is 11.8. The molecule has 3 heterocycles. The number of aliphatic hydroxyl groups is 1. The Morgan fingerprint density at radius 3 is 2.68 bits per heavy atom. The predicted octanol–water partition coefficient (Wildman–Crippen LogP) is 3.86. The smallest absolute Gasteiger partial charge is 0.252 e. The van der Waals surface area contributed by atoms with Crippen LogP contribution in [-0.4, -0.2) is 40.0 Å². The molecule has 4 N–H and O–H groups in total. The maximum Gasteiger partial charge on any atom is 0.252 e. The molecule has 0 aliphatic carbocycles. The largest absolute Gasteiger partial charge is 0.489 e. The lowest BCUT2D eigenvalue weighted by atomic mass is 9.82. The van der Waals surface area contributed by atoms with Crippen LogP contribution in [0.25, 0.3) is 22.2 Å². The number of nitrogens with two attached hydrogens (primary N) is 1. The predicted molar refractivity (Wildman–Crippen MR) is 140 cm³/mol. The number of pyridine rings is 2. The zero-order valence-electron chi connectivity index (χ0n) is 20.6. The van der Waals surface area contributed by atoms with Crippen LogP contribution in [0.5, 0.6) is 5.75 Å². The highest BCUT2D eigenvalue weighted by atomic mass is 35.5. The fourth-order valence-electron chi connectivity index (χ4n) is 4.40. The molecule has 38 heavy (non-hydrogen) atoms. The number of aromatic nitrogens is 2. The van der Waals surface area contributed by atoms with Gasteiger partial charge in [-0.15, -0.1) is 0 Å². The Hall–Kier alpha value is -4.08. The summed E-state index contributed by atoms with van der Waals surface area (Å²) in [7, 11) is 0. The molecule has 0 bridgehead atoms. The van der Waals surface area contributed by atoms with Crippen molar-refractivity contribution in [2.45, 2.75) is 24.9 Å². The van der Waals surface area contributed by atoms with Gasteiger partial charge in [-0.25, -0.2) is 9.37 Å². The summed E-state index contributed by atoms with van der Waals surface area (Å²) in [6, 6.07) is 13.9. The van der Waals surface area contributed by atoms with E-state index in [4.69, 9.17) is 22.1 Å². The zero-order chi connectivity index (χ0) is 27.2. The summed E-state index contributed by atoms with van der Waals surface area (Å²) in [5.41, 5.74) is 5.20. The van der Waals surface area contributed by atoms with Gasteiger partial charge < -0.3 is 20.9 Å². The van der Waals surface area contributed by atoms with E-state index in [1.807, 2.05) is 0 Å². The number of nitrogens with one attached hydrogen (secondary N) is 1. The number of carbonyl (C=O) groups excluding carboxylic acids is 2. The third-order valence-corrected chi connectivity index (χ3v) is 7.25. The monoisotopic (exact) mass is 534 g/mol. The molecule has 0 unspecified atom stereocenters. The molecule has 4 aromatic rings. The highest BCUT2D eigenvalue weighted by molar-refractivity contribution is 6.38. The maximum atomic E-state index is 13.6. The van der Waals surface area contributed by atoms with E-state index in [2.05, 4.69) is 15.3 Å². The van der Waals surface area contributed by atoms with Gasteiger partial charge in [0.05, 0.1) is 28.3 Å². The number of halogens is 2. The van der Waals surface area contributed by atoms with E-state index < -0.39 is 28.6 Å². The minimum absolute atomic E-state index is 0.00874. The molecule has 0 radical (unpaired) electrons. The van der Waals surface area contributed by atoms with Crippen LogP contribution in [0, 0.1) is 5.82 Å². The highest BCUT2D eigenvalue weighted by Gasteiger charge is 2.45. The third-order valence-electron chi connectivity index (χ3n) is 6.84. The second kappa shape index (κ2) is 9.34. The van der Waals surface area contributed by atoms with E-state index in [1.54, 1.807) is 43.5 Å². The number of ether oxygens (including phenoxy) is 1. The van der Waals surface area contributed by atoms with Gasteiger partial charge in [0.15, 0.2) is 0 Å². The summed E-state index contributed by atoms with van der Waals surface area (Å²) in [5.74, 6) is -1.20. The number of amides is 2. The second-order valence-corrected chi connectivity index (χ2v) is 10.1. The first-order chi connectivity index (χ1) is 18.0. The van der Waals surface area contributed by atoms with Gasteiger partial charge in [0.2, 0.25) is 5.91 Å². The number of hydrogen-bond donors (Lipinski definition) is 3. The molecule has 1 aliphatic heterocycles. The minimum atomic E-state index is -1.68. The molecule has 194 valence electrons. The van der Waals surface area contributed by atoms with Gasteiger partial charge in [-0.2, -0.15) is 0 Å². The molecule has 0 saturated carbocycles. The normalized spacial score (nSPS) is 17.9. The van der Waals surface area contributed by atoms with Crippen molar-refractivity contribution in [2.75, 3.05) is 13.2 Å². The van der Waals surface area contributed by atoms with Crippen LogP contribution < -0.4 is 15.8 Å². The van der Waals surface area contributed by atoms with Gasteiger partial charge in [0.25, 0.3) is 5.91 Å². The van der Waals surface area contributed by atoms with Crippen molar-refractivity contribution in [3.63, 3.8) is 0 Å². The molecule has 2 aromatic heterocycles. The number of benzene rings is 2. The molecule has 2 atom stereocenters. The van der Waals surface area contributed by atoms with Crippen molar-refractivity contribution in [1.82, 2.24) is 15.3 Å². The first kappa shape index (κ1) is 25.6. The number of nitrogens with zero attached hydrogens (tertiary/aromatic N) is 2. The SMILES string of the molecule is C[C@](O)(CNC(=O)c1ccc2ncccc2c1Cl)c1cc2c(c(-c3ccc(F)cc3)n1)OC[C@]2(C)C(N)=O. The average Bonchev–Trinajstić information content (AvgIpc) is 3.26. The lowest BCUT2D eigenvalue weighted by Gasteiger charge is -2.26. The van der Waals surface area contributed by atoms with Gasteiger partial charge >= 0.3 is 0 Å². The van der Waals surface area contributed by atoms with Crippen LogP contribution in [0.4, 0.5) is 4.39 Å². The minimum Gasteiger partial charge on any atom is -0.489 e.